The van der Waals surface area contributed by atoms with Crippen molar-refractivity contribution in [1.29, 1.82) is 0 Å². The third-order valence-corrected chi connectivity index (χ3v) is 5.36. The summed E-state index contributed by atoms with van der Waals surface area (Å²) in [6, 6.07) is 15.3. The van der Waals surface area contributed by atoms with E-state index in [1.807, 2.05) is 62.4 Å². The van der Waals surface area contributed by atoms with Gasteiger partial charge in [-0.05, 0) is 55.3 Å². The number of hydrogen-bond donors (Lipinski definition) is 1. The van der Waals surface area contributed by atoms with Crippen LogP contribution < -0.4 is 10.1 Å². The first-order valence-electron chi connectivity index (χ1n) is 7.90. The van der Waals surface area contributed by atoms with E-state index < -0.39 is 0 Å². The minimum atomic E-state index is -0.133. The van der Waals surface area contributed by atoms with Crippen LogP contribution in [0.3, 0.4) is 0 Å². The number of amides is 1. The molecule has 0 saturated heterocycles. The van der Waals surface area contributed by atoms with Crippen molar-refractivity contribution in [3.05, 3.63) is 59.1 Å². The second kappa shape index (κ2) is 9.00. The molecule has 0 heterocycles. The van der Waals surface area contributed by atoms with Crippen LogP contribution in [0.5, 0.6) is 5.75 Å². The van der Waals surface area contributed by atoms with E-state index in [9.17, 15) is 4.79 Å². The molecule has 2 aromatic carbocycles. The normalized spacial score (nSPS) is 13.2. The van der Waals surface area contributed by atoms with Crippen molar-refractivity contribution < 1.29 is 9.53 Å². The molecule has 24 heavy (non-hydrogen) atoms. The van der Waals surface area contributed by atoms with Gasteiger partial charge >= 0.3 is 0 Å². The highest BCUT2D eigenvalue weighted by Crippen LogP contribution is 2.27. The summed E-state index contributed by atoms with van der Waals surface area (Å²) in [6.07, 6.45) is 0.758. The molecule has 2 aromatic rings. The summed E-state index contributed by atoms with van der Waals surface area (Å²) in [4.78, 5) is 13.6. The highest BCUT2D eigenvalue weighted by molar-refractivity contribution is 8.00. The van der Waals surface area contributed by atoms with Gasteiger partial charge in [-0.3, -0.25) is 4.79 Å². The zero-order valence-corrected chi connectivity index (χ0v) is 15.7. The zero-order valence-electron chi connectivity index (χ0n) is 14.1. The van der Waals surface area contributed by atoms with E-state index >= 15 is 0 Å². The molecule has 0 fully saturated rings. The van der Waals surface area contributed by atoms with Crippen LogP contribution in [0.15, 0.2) is 53.4 Å². The number of rotatable bonds is 7. The Morgan fingerprint density at radius 3 is 2.33 bits per heavy atom. The standard InChI is InChI=1S/C19H22ClNO2S/c1-4-18(24-17-11-7-15(20)8-12-17)19(22)21-13(2)14-5-9-16(23-3)10-6-14/h5-13,18H,4H2,1-3H3,(H,21,22)/t13-,18+/m0/s1. The summed E-state index contributed by atoms with van der Waals surface area (Å²) < 4.78 is 5.16. The maximum absolute atomic E-state index is 12.6. The Balaban J connectivity index is 1.98. The lowest BCUT2D eigenvalue weighted by Crippen LogP contribution is -2.34. The van der Waals surface area contributed by atoms with Crippen LogP contribution in [-0.4, -0.2) is 18.3 Å². The number of nitrogens with one attached hydrogen (secondary N) is 1. The SMILES string of the molecule is CC[C@@H](Sc1ccc(Cl)cc1)C(=O)N[C@@H](C)c1ccc(OC)cc1. The van der Waals surface area contributed by atoms with Gasteiger partial charge in [0.05, 0.1) is 18.4 Å². The Morgan fingerprint density at radius 1 is 1.17 bits per heavy atom. The van der Waals surface area contributed by atoms with Gasteiger partial charge in [0.2, 0.25) is 5.91 Å². The van der Waals surface area contributed by atoms with Crippen molar-refractivity contribution in [3.8, 4) is 5.75 Å². The lowest BCUT2D eigenvalue weighted by Gasteiger charge is -2.19. The number of halogens is 1. The first-order chi connectivity index (χ1) is 11.5. The van der Waals surface area contributed by atoms with Crippen molar-refractivity contribution in [1.82, 2.24) is 5.32 Å². The maximum atomic E-state index is 12.6. The summed E-state index contributed by atoms with van der Waals surface area (Å²) in [5.41, 5.74) is 1.05. The molecule has 5 heteroatoms. The Morgan fingerprint density at radius 2 is 1.79 bits per heavy atom. The number of carbonyl (C=O) groups excluding carboxylic acids is 1. The number of ether oxygens (including phenoxy) is 1. The predicted molar refractivity (Wildman–Crippen MR) is 101 cm³/mol. The molecule has 0 aliphatic rings. The van der Waals surface area contributed by atoms with Crippen LogP contribution in [0.4, 0.5) is 0 Å². The fourth-order valence-corrected chi connectivity index (χ4v) is 3.37. The van der Waals surface area contributed by atoms with Gasteiger partial charge in [-0.25, -0.2) is 0 Å². The molecule has 0 aliphatic heterocycles. The third kappa shape index (κ3) is 5.18. The monoisotopic (exact) mass is 363 g/mol. The molecule has 1 N–H and O–H groups in total. The number of carbonyl (C=O) groups is 1. The topological polar surface area (TPSA) is 38.3 Å². The van der Waals surface area contributed by atoms with Crippen LogP contribution in [0.25, 0.3) is 0 Å². The van der Waals surface area contributed by atoms with Crippen molar-refractivity contribution in [2.75, 3.05) is 7.11 Å². The molecular formula is C19H22ClNO2S. The maximum Gasteiger partial charge on any atom is 0.233 e. The van der Waals surface area contributed by atoms with Crippen LogP contribution in [0, 0.1) is 0 Å². The van der Waals surface area contributed by atoms with Crippen LogP contribution >= 0.6 is 23.4 Å². The zero-order chi connectivity index (χ0) is 17.5. The first kappa shape index (κ1) is 18.7. The average molecular weight is 364 g/mol. The van der Waals surface area contributed by atoms with Gasteiger partial charge in [0.25, 0.3) is 0 Å². The second-order valence-corrected chi connectivity index (χ2v) is 7.18. The van der Waals surface area contributed by atoms with Gasteiger partial charge in [-0.1, -0.05) is 30.7 Å². The van der Waals surface area contributed by atoms with Crippen molar-refractivity contribution in [3.63, 3.8) is 0 Å². The molecule has 128 valence electrons. The summed E-state index contributed by atoms with van der Waals surface area (Å²) in [5.74, 6) is 0.850. The fourth-order valence-electron chi connectivity index (χ4n) is 2.28. The van der Waals surface area contributed by atoms with E-state index in [0.717, 1.165) is 22.6 Å². The van der Waals surface area contributed by atoms with Gasteiger partial charge < -0.3 is 10.1 Å². The van der Waals surface area contributed by atoms with E-state index in [2.05, 4.69) is 5.32 Å². The van der Waals surface area contributed by atoms with Crippen LogP contribution in [0.1, 0.15) is 31.9 Å². The summed E-state index contributed by atoms with van der Waals surface area (Å²) >= 11 is 7.46. The van der Waals surface area contributed by atoms with Crippen LogP contribution in [0.2, 0.25) is 5.02 Å². The Bertz CT molecular complexity index is 658. The molecule has 2 rings (SSSR count). The summed E-state index contributed by atoms with van der Waals surface area (Å²) in [7, 11) is 1.64. The van der Waals surface area contributed by atoms with E-state index in [0.29, 0.717) is 5.02 Å². The Kier molecular flexibility index (Phi) is 7.00. The molecule has 0 spiro atoms. The second-order valence-electron chi connectivity index (χ2n) is 5.47. The lowest BCUT2D eigenvalue weighted by atomic mass is 10.1. The Hall–Kier alpha value is -1.65. The van der Waals surface area contributed by atoms with E-state index in [4.69, 9.17) is 16.3 Å². The molecular weight excluding hydrogens is 342 g/mol. The lowest BCUT2D eigenvalue weighted by molar-refractivity contribution is -0.121. The van der Waals surface area contributed by atoms with Gasteiger partial charge in [0.1, 0.15) is 5.75 Å². The van der Waals surface area contributed by atoms with Crippen LogP contribution in [-0.2, 0) is 4.79 Å². The van der Waals surface area contributed by atoms with Gasteiger partial charge in [0.15, 0.2) is 0 Å². The van der Waals surface area contributed by atoms with Gasteiger partial charge in [0, 0.05) is 9.92 Å². The first-order valence-corrected chi connectivity index (χ1v) is 9.15. The molecule has 0 aromatic heterocycles. The largest absolute Gasteiger partial charge is 0.497 e. The summed E-state index contributed by atoms with van der Waals surface area (Å²) in [5, 5.41) is 3.66. The van der Waals surface area contributed by atoms with Crippen molar-refractivity contribution in [2.24, 2.45) is 0 Å². The molecule has 0 radical (unpaired) electrons. The molecule has 0 unspecified atom stereocenters. The highest BCUT2D eigenvalue weighted by atomic mass is 35.5. The van der Waals surface area contributed by atoms with Crippen molar-refractivity contribution in [2.45, 2.75) is 36.5 Å². The molecule has 2 atom stereocenters. The number of methoxy groups -OCH3 is 1. The van der Waals surface area contributed by atoms with Crippen molar-refractivity contribution >= 4 is 29.3 Å². The highest BCUT2D eigenvalue weighted by Gasteiger charge is 2.20. The van der Waals surface area contributed by atoms with E-state index in [1.54, 1.807) is 18.9 Å². The fraction of sp³-hybridized carbons (Fsp3) is 0.316. The average Bonchev–Trinajstić information content (AvgIpc) is 2.61. The van der Waals surface area contributed by atoms with Gasteiger partial charge in [-0.15, -0.1) is 11.8 Å². The smallest absolute Gasteiger partial charge is 0.233 e. The minimum absolute atomic E-state index is 0.0424. The molecule has 1 amide bonds. The van der Waals surface area contributed by atoms with E-state index in [-0.39, 0.29) is 17.2 Å². The number of thioether (sulfide) groups is 1. The number of hydrogen-bond acceptors (Lipinski definition) is 3. The number of benzene rings is 2. The minimum Gasteiger partial charge on any atom is -0.497 e. The third-order valence-electron chi connectivity index (χ3n) is 3.73. The predicted octanol–water partition coefficient (Wildman–Crippen LogP) is 5.10. The molecule has 0 aliphatic carbocycles. The molecule has 3 nitrogen and oxygen atoms in total. The molecule has 0 saturated carbocycles. The molecule has 0 bridgehead atoms. The summed E-state index contributed by atoms with van der Waals surface area (Å²) in [6.45, 7) is 4.00. The quantitative estimate of drug-likeness (QED) is 0.696. The van der Waals surface area contributed by atoms with E-state index in [1.165, 1.54) is 0 Å². The van der Waals surface area contributed by atoms with Gasteiger partial charge in [-0.2, -0.15) is 0 Å². The Labute approximate surface area is 152 Å².